The molecule has 0 spiro atoms. The first-order valence-corrected chi connectivity index (χ1v) is 9.89. The average Bonchev–Trinajstić information content (AvgIpc) is 3.03. The minimum Gasteiger partial charge on any atom is -0.484 e. The minimum absolute atomic E-state index is 0.0554. The van der Waals surface area contributed by atoms with Gasteiger partial charge in [-0.2, -0.15) is 0 Å². The highest BCUT2D eigenvalue weighted by Crippen LogP contribution is 2.20. The van der Waals surface area contributed by atoms with Crippen LogP contribution in [-0.2, 0) is 24.1 Å². The highest BCUT2D eigenvalue weighted by Gasteiger charge is 2.32. The average molecular weight is 399 g/mol. The van der Waals surface area contributed by atoms with E-state index in [0.29, 0.717) is 6.42 Å². The largest absolute Gasteiger partial charge is 0.484 e. The van der Waals surface area contributed by atoms with Gasteiger partial charge >= 0.3 is 11.9 Å². The lowest BCUT2D eigenvalue weighted by molar-refractivity contribution is -0.133. The number of methoxy groups -OCH3 is 2. The van der Waals surface area contributed by atoms with Crippen LogP contribution in [0.25, 0.3) is 0 Å². The summed E-state index contributed by atoms with van der Waals surface area (Å²) in [7, 11) is 0.794. The number of carbonyl (C=O) groups is 3. The van der Waals surface area contributed by atoms with Crippen molar-refractivity contribution in [1.82, 2.24) is 4.90 Å². The number of nitrogens with zero attached hydrogens (tertiary/aromatic N) is 1. The summed E-state index contributed by atoms with van der Waals surface area (Å²) in [6, 6.07) is 3.58. The lowest BCUT2D eigenvalue weighted by atomic mass is 10.1. The molecule has 1 aliphatic heterocycles. The van der Waals surface area contributed by atoms with Crippen molar-refractivity contribution in [2.45, 2.75) is 12.5 Å². The summed E-state index contributed by atoms with van der Waals surface area (Å²) < 4.78 is 37.8. The van der Waals surface area contributed by atoms with Gasteiger partial charge in [0.15, 0.2) is 16.4 Å². The summed E-state index contributed by atoms with van der Waals surface area (Å²) in [5, 5.41) is 0. The predicted octanol–water partition coefficient (Wildman–Crippen LogP) is 0.284. The van der Waals surface area contributed by atoms with Gasteiger partial charge in [0.25, 0.3) is 5.91 Å². The normalized spacial score (nSPS) is 17.8. The number of rotatable bonds is 6. The standard InChI is InChI=1S/C17H21NO8S/c1-18(13-4-5-27(22,23)10-13)15(19)9-26-14-7-11(16(20)24-2)6-12(8-14)17(21)25-3/h6-8,13H,4-5,9-10H2,1-3H3/t13-/m0/s1. The lowest BCUT2D eigenvalue weighted by Crippen LogP contribution is -2.40. The Kier molecular flexibility index (Phi) is 6.42. The Morgan fingerprint density at radius 1 is 1.07 bits per heavy atom. The number of amides is 1. The zero-order valence-electron chi connectivity index (χ0n) is 15.3. The minimum atomic E-state index is -3.11. The Morgan fingerprint density at radius 3 is 2.07 bits per heavy atom. The van der Waals surface area contributed by atoms with Crippen molar-refractivity contribution in [2.75, 3.05) is 39.4 Å². The van der Waals surface area contributed by atoms with Gasteiger partial charge in [0.2, 0.25) is 0 Å². The van der Waals surface area contributed by atoms with E-state index in [0.717, 1.165) is 0 Å². The van der Waals surface area contributed by atoms with E-state index in [9.17, 15) is 22.8 Å². The van der Waals surface area contributed by atoms with E-state index in [1.54, 1.807) is 0 Å². The zero-order valence-corrected chi connectivity index (χ0v) is 16.1. The van der Waals surface area contributed by atoms with Crippen LogP contribution in [0.5, 0.6) is 5.75 Å². The number of hydrogen-bond acceptors (Lipinski definition) is 8. The topological polar surface area (TPSA) is 116 Å². The summed E-state index contributed by atoms with van der Waals surface area (Å²) >= 11 is 0. The van der Waals surface area contributed by atoms with Crippen molar-refractivity contribution < 1.29 is 37.0 Å². The number of esters is 2. The van der Waals surface area contributed by atoms with Gasteiger partial charge in [0.05, 0.1) is 36.9 Å². The Balaban J connectivity index is 2.10. The number of likely N-dealkylation sites (N-methyl/N-ethyl adjacent to an activating group) is 1. The Hall–Kier alpha value is -2.62. The Bertz CT molecular complexity index is 814. The van der Waals surface area contributed by atoms with Crippen LogP contribution >= 0.6 is 0 Å². The molecular weight excluding hydrogens is 378 g/mol. The second-order valence-corrected chi connectivity index (χ2v) is 8.31. The van der Waals surface area contributed by atoms with Crippen LogP contribution < -0.4 is 4.74 Å². The van der Waals surface area contributed by atoms with Gasteiger partial charge in [-0.15, -0.1) is 0 Å². The van der Waals surface area contributed by atoms with Gasteiger partial charge in [-0.05, 0) is 24.6 Å². The van der Waals surface area contributed by atoms with Crippen molar-refractivity contribution in [3.8, 4) is 5.75 Å². The van der Waals surface area contributed by atoms with E-state index < -0.39 is 33.7 Å². The molecule has 27 heavy (non-hydrogen) atoms. The molecule has 1 aliphatic rings. The van der Waals surface area contributed by atoms with E-state index in [4.69, 9.17) is 4.74 Å². The molecule has 0 bridgehead atoms. The van der Waals surface area contributed by atoms with Crippen LogP contribution in [0.1, 0.15) is 27.1 Å². The van der Waals surface area contributed by atoms with E-state index in [2.05, 4.69) is 9.47 Å². The number of carbonyl (C=O) groups excluding carboxylic acids is 3. The van der Waals surface area contributed by atoms with Gasteiger partial charge in [-0.1, -0.05) is 0 Å². The summed E-state index contributed by atoms with van der Waals surface area (Å²) in [5.41, 5.74) is 0.135. The Labute approximate surface area is 157 Å². The molecule has 1 heterocycles. The maximum atomic E-state index is 12.3. The maximum Gasteiger partial charge on any atom is 0.338 e. The first-order valence-electron chi connectivity index (χ1n) is 8.07. The first-order chi connectivity index (χ1) is 12.7. The number of ether oxygens (including phenoxy) is 3. The molecule has 0 unspecified atom stereocenters. The second-order valence-electron chi connectivity index (χ2n) is 6.08. The molecule has 1 saturated heterocycles. The van der Waals surface area contributed by atoms with E-state index in [1.807, 2.05) is 0 Å². The smallest absolute Gasteiger partial charge is 0.338 e. The summed E-state index contributed by atoms with van der Waals surface area (Å²) in [6.07, 6.45) is 0.384. The number of hydrogen-bond donors (Lipinski definition) is 0. The molecule has 0 radical (unpaired) electrons. The fourth-order valence-corrected chi connectivity index (χ4v) is 4.46. The molecule has 1 atom stereocenters. The fourth-order valence-electron chi connectivity index (χ4n) is 2.69. The van der Waals surface area contributed by atoms with Crippen molar-refractivity contribution in [3.05, 3.63) is 29.3 Å². The molecule has 0 aromatic heterocycles. The van der Waals surface area contributed by atoms with Gasteiger partial charge in [0, 0.05) is 13.1 Å². The quantitative estimate of drug-likeness (QED) is 0.627. The fraction of sp³-hybridized carbons (Fsp3) is 0.471. The highest BCUT2D eigenvalue weighted by molar-refractivity contribution is 7.91. The van der Waals surface area contributed by atoms with Crippen LogP contribution in [0.3, 0.4) is 0 Å². The van der Waals surface area contributed by atoms with Gasteiger partial charge in [0.1, 0.15) is 5.75 Å². The second kappa shape index (κ2) is 8.38. The summed E-state index contributed by atoms with van der Waals surface area (Å²) in [5.74, 6) is -1.67. The number of sulfone groups is 1. The molecule has 2 rings (SSSR count). The predicted molar refractivity (Wildman–Crippen MR) is 94.4 cm³/mol. The Morgan fingerprint density at radius 2 is 1.63 bits per heavy atom. The molecule has 10 heteroatoms. The molecule has 1 amide bonds. The zero-order chi connectivity index (χ0) is 20.2. The lowest BCUT2D eigenvalue weighted by Gasteiger charge is -2.23. The summed E-state index contributed by atoms with van der Waals surface area (Å²) in [4.78, 5) is 37.1. The van der Waals surface area contributed by atoms with Gasteiger partial charge < -0.3 is 19.1 Å². The van der Waals surface area contributed by atoms with Crippen LogP contribution in [0, 0.1) is 0 Å². The molecule has 1 fully saturated rings. The van der Waals surface area contributed by atoms with E-state index in [1.165, 1.54) is 44.4 Å². The van der Waals surface area contributed by atoms with Crippen molar-refractivity contribution >= 4 is 27.7 Å². The van der Waals surface area contributed by atoms with Crippen molar-refractivity contribution in [2.24, 2.45) is 0 Å². The van der Waals surface area contributed by atoms with Crippen LogP contribution in [0.15, 0.2) is 18.2 Å². The third-order valence-corrected chi connectivity index (χ3v) is 6.01. The molecule has 1 aromatic rings. The van der Waals surface area contributed by atoms with Crippen LogP contribution in [0.4, 0.5) is 0 Å². The third-order valence-electron chi connectivity index (χ3n) is 4.26. The van der Waals surface area contributed by atoms with Crippen LogP contribution in [-0.4, -0.2) is 76.6 Å². The van der Waals surface area contributed by atoms with Crippen molar-refractivity contribution in [1.29, 1.82) is 0 Å². The van der Waals surface area contributed by atoms with Gasteiger partial charge in [-0.25, -0.2) is 18.0 Å². The molecule has 148 valence electrons. The highest BCUT2D eigenvalue weighted by atomic mass is 32.2. The molecule has 9 nitrogen and oxygen atoms in total. The first kappa shape index (κ1) is 20.7. The number of benzene rings is 1. The van der Waals surface area contributed by atoms with Crippen LogP contribution in [0.2, 0.25) is 0 Å². The molecular formula is C17H21NO8S. The summed E-state index contributed by atoms with van der Waals surface area (Å²) in [6.45, 7) is -0.377. The molecule has 0 saturated carbocycles. The monoisotopic (exact) mass is 399 g/mol. The maximum absolute atomic E-state index is 12.3. The van der Waals surface area contributed by atoms with E-state index in [-0.39, 0.29) is 35.0 Å². The van der Waals surface area contributed by atoms with E-state index >= 15 is 0 Å². The van der Waals surface area contributed by atoms with Crippen molar-refractivity contribution in [3.63, 3.8) is 0 Å². The van der Waals surface area contributed by atoms with Gasteiger partial charge in [-0.3, -0.25) is 4.79 Å². The molecule has 0 N–H and O–H groups in total. The SMILES string of the molecule is COC(=O)c1cc(OCC(=O)N(C)[C@H]2CCS(=O)(=O)C2)cc(C(=O)OC)c1. The molecule has 1 aromatic carbocycles. The molecule has 0 aliphatic carbocycles. The third kappa shape index (κ3) is 5.19.